The molecule has 1 unspecified atom stereocenters. The molecular weight excluding hydrogens is 534 g/mol. The van der Waals surface area contributed by atoms with Crippen molar-refractivity contribution in [2.75, 3.05) is 46.9 Å². The van der Waals surface area contributed by atoms with Crippen LogP contribution >= 0.6 is 0 Å². The van der Waals surface area contributed by atoms with Gasteiger partial charge in [-0.3, -0.25) is 4.79 Å². The Morgan fingerprint density at radius 2 is 1.77 bits per heavy atom. The Bertz CT molecular complexity index is 1360. The van der Waals surface area contributed by atoms with Crippen molar-refractivity contribution in [3.8, 4) is 11.3 Å². The summed E-state index contributed by atoms with van der Waals surface area (Å²) in [6.45, 7) is 6.61. The molecule has 1 fully saturated rings. The molecule has 1 aromatic carbocycles. The topological polar surface area (TPSA) is 117 Å². The Morgan fingerprint density at radius 1 is 1.10 bits per heavy atom. The van der Waals surface area contributed by atoms with Crippen LogP contribution in [0.25, 0.3) is 11.3 Å². The molecular formula is C25H34F2N6O5S. The summed E-state index contributed by atoms with van der Waals surface area (Å²) >= 11 is 0. The SMILES string of the molecule is CN(C)S(=O)(=O)N1CCN(C(=O)C(NC(=O)n2nc(-c3ccc(F)c(F)c3)c3c2CCOC3)C(C)(C)C)CC1. The first kappa shape index (κ1) is 29.1. The minimum absolute atomic E-state index is 0.140. The van der Waals surface area contributed by atoms with E-state index in [2.05, 4.69) is 10.4 Å². The van der Waals surface area contributed by atoms with E-state index in [0.29, 0.717) is 35.5 Å². The number of nitrogens with zero attached hydrogens (tertiary/aromatic N) is 5. The highest BCUT2D eigenvalue weighted by atomic mass is 32.2. The number of ether oxygens (including phenoxy) is 1. The molecule has 0 aliphatic carbocycles. The monoisotopic (exact) mass is 568 g/mol. The summed E-state index contributed by atoms with van der Waals surface area (Å²) < 4.78 is 61.5. The third-order valence-electron chi connectivity index (χ3n) is 6.92. The van der Waals surface area contributed by atoms with Gasteiger partial charge in [-0.2, -0.15) is 26.8 Å². The largest absolute Gasteiger partial charge is 0.376 e. The molecule has 4 rings (SSSR count). The molecule has 0 bridgehead atoms. The van der Waals surface area contributed by atoms with Gasteiger partial charge < -0.3 is 15.0 Å². The average Bonchev–Trinajstić information content (AvgIpc) is 3.27. The van der Waals surface area contributed by atoms with Gasteiger partial charge >= 0.3 is 6.03 Å². The fourth-order valence-electron chi connectivity index (χ4n) is 4.67. The third kappa shape index (κ3) is 5.83. The van der Waals surface area contributed by atoms with E-state index in [9.17, 15) is 26.8 Å². The first-order chi connectivity index (χ1) is 18.2. The van der Waals surface area contributed by atoms with Crippen LogP contribution in [-0.2, 0) is 32.8 Å². The summed E-state index contributed by atoms with van der Waals surface area (Å²) in [5.41, 5.74) is 1.09. The number of piperazine rings is 1. The third-order valence-corrected chi connectivity index (χ3v) is 8.86. The van der Waals surface area contributed by atoms with Crippen LogP contribution in [0.2, 0.25) is 0 Å². The zero-order valence-corrected chi connectivity index (χ0v) is 23.5. The van der Waals surface area contributed by atoms with Crippen molar-refractivity contribution in [3.63, 3.8) is 0 Å². The number of carbonyl (C=O) groups excluding carboxylic acids is 2. The van der Waals surface area contributed by atoms with Gasteiger partial charge in [0.25, 0.3) is 10.2 Å². The summed E-state index contributed by atoms with van der Waals surface area (Å²) in [7, 11) is -0.685. The first-order valence-corrected chi connectivity index (χ1v) is 14.0. The Hall–Kier alpha value is -2.94. The van der Waals surface area contributed by atoms with Crippen LogP contribution in [0.5, 0.6) is 0 Å². The van der Waals surface area contributed by atoms with Crippen LogP contribution in [0.15, 0.2) is 18.2 Å². The second-order valence-electron chi connectivity index (χ2n) is 10.9. The van der Waals surface area contributed by atoms with E-state index in [0.717, 1.165) is 16.4 Å². The molecule has 2 aliphatic heterocycles. The number of hydrogen-bond donors (Lipinski definition) is 1. The van der Waals surface area contributed by atoms with Gasteiger partial charge in [0.1, 0.15) is 6.04 Å². The maximum absolute atomic E-state index is 14.0. The van der Waals surface area contributed by atoms with Gasteiger partial charge in [-0.1, -0.05) is 20.8 Å². The Balaban J connectivity index is 1.57. The first-order valence-electron chi connectivity index (χ1n) is 12.6. The molecule has 2 aromatic rings. The molecule has 1 N–H and O–H groups in total. The van der Waals surface area contributed by atoms with Crippen molar-refractivity contribution in [2.45, 2.75) is 39.8 Å². The van der Waals surface area contributed by atoms with E-state index in [-0.39, 0.29) is 38.7 Å². The van der Waals surface area contributed by atoms with Gasteiger partial charge in [0.05, 0.1) is 24.6 Å². The standard InChI is InChI=1S/C25H34F2N6O5S/c1-25(2,3)22(23(34)31-9-11-32(12-10-31)39(36,37)30(4)5)28-24(35)33-20-8-13-38-15-17(20)21(29-33)16-6-7-18(26)19(27)14-16/h6-7,14,22H,8-13,15H2,1-5H3,(H,28,35). The zero-order chi connectivity index (χ0) is 28.7. The van der Waals surface area contributed by atoms with Crippen molar-refractivity contribution in [1.29, 1.82) is 0 Å². The van der Waals surface area contributed by atoms with Crippen LogP contribution in [0, 0.1) is 17.0 Å². The molecule has 11 nitrogen and oxygen atoms in total. The lowest BCUT2D eigenvalue weighted by atomic mass is 9.85. The molecule has 0 radical (unpaired) electrons. The van der Waals surface area contributed by atoms with Crippen molar-refractivity contribution < 1.29 is 31.5 Å². The number of nitrogens with one attached hydrogen (secondary N) is 1. The molecule has 0 spiro atoms. The second kappa shape index (κ2) is 10.9. The van der Waals surface area contributed by atoms with E-state index in [1.807, 2.05) is 20.8 Å². The number of hydrogen-bond acceptors (Lipinski definition) is 6. The molecule has 39 heavy (non-hydrogen) atoms. The lowest BCUT2D eigenvalue weighted by molar-refractivity contribution is -0.137. The van der Waals surface area contributed by atoms with Crippen LogP contribution < -0.4 is 5.32 Å². The number of aromatic nitrogens is 2. The Labute approximate surface area is 226 Å². The normalized spacial score (nSPS) is 17.7. The van der Waals surface area contributed by atoms with Crippen LogP contribution in [-0.4, -0.2) is 96.6 Å². The number of fused-ring (bicyclic) bond motifs is 1. The van der Waals surface area contributed by atoms with Gasteiger partial charge in [-0.25, -0.2) is 13.6 Å². The highest BCUT2D eigenvalue weighted by Crippen LogP contribution is 2.30. The summed E-state index contributed by atoms with van der Waals surface area (Å²) in [6.07, 6.45) is 0.371. The van der Waals surface area contributed by atoms with E-state index in [1.54, 1.807) is 4.90 Å². The Morgan fingerprint density at radius 3 is 2.36 bits per heavy atom. The number of benzene rings is 1. The average molecular weight is 569 g/mol. The van der Waals surface area contributed by atoms with E-state index >= 15 is 0 Å². The van der Waals surface area contributed by atoms with Crippen molar-refractivity contribution in [1.82, 2.24) is 28.6 Å². The minimum Gasteiger partial charge on any atom is -0.376 e. The van der Waals surface area contributed by atoms with Gasteiger partial charge in [0.2, 0.25) is 5.91 Å². The molecule has 1 aromatic heterocycles. The van der Waals surface area contributed by atoms with E-state index in [1.165, 1.54) is 29.1 Å². The quantitative estimate of drug-likeness (QED) is 0.588. The smallest absolute Gasteiger partial charge is 0.343 e. The lowest BCUT2D eigenvalue weighted by Crippen LogP contribution is -2.60. The summed E-state index contributed by atoms with van der Waals surface area (Å²) in [5, 5.41) is 7.25. The van der Waals surface area contributed by atoms with Crippen molar-refractivity contribution in [3.05, 3.63) is 41.1 Å². The maximum atomic E-state index is 14.0. The van der Waals surface area contributed by atoms with Gasteiger partial charge in [0.15, 0.2) is 11.6 Å². The molecule has 14 heteroatoms. The Kier molecular flexibility index (Phi) is 8.13. The van der Waals surface area contributed by atoms with E-state index < -0.39 is 39.3 Å². The maximum Gasteiger partial charge on any atom is 0.343 e. The predicted octanol–water partition coefficient (Wildman–Crippen LogP) is 1.82. The predicted molar refractivity (Wildman–Crippen MR) is 139 cm³/mol. The fraction of sp³-hybridized carbons (Fsp3) is 0.560. The van der Waals surface area contributed by atoms with E-state index in [4.69, 9.17) is 4.74 Å². The number of amides is 2. The molecule has 2 aliphatic rings. The fourth-order valence-corrected chi connectivity index (χ4v) is 5.75. The zero-order valence-electron chi connectivity index (χ0n) is 22.7. The van der Waals surface area contributed by atoms with Gasteiger partial charge in [-0.15, -0.1) is 0 Å². The highest BCUT2D eigenvalue weighted by molar-refractivity contribution is 7.86. The molecule has 1 atom stereocenters. The number of halogens is 2. The minimum atomic E-state index is -3.59. The number of rotatable bonds is 5. The second-order valence-corrected chi connectivity index (χ2v) is 13.0. The molecule has 0 saturated carbocycles. The molecule has 2 amide bonds. The summed E-state index contributed by atoms with van der Waals surface area (Å²) in [4.78, 5) is 28.7. The summed E-state index contributed by atoms with van der Waals surface area (Å²) in [5.74, 6) is -2.36. The molecule has 214 valence electrons. The number of carbonyl (C=O) groups is 2. The highest BCUT2D eigenvalue weighted by Gasteiger charge is 2.39. The molecule has 3 heterocycles. The van der Waals surface area contributed by atoms with Crippen molar-refractivity contribution in [2.24, 2.45) is 5.41 Å². The van der Waals surface area contributed by atoms with Crippen LogP contribution in [0.4, 0.5) is 13.6 Å². The van der Waals surface area contributed by atoms with Crippen LogP contribution in [0.3, 0.4) is 0 Å². The molecule has 1 saturated heterocycles. The van der Waals surface area contributed by atoms with Crippen molar-refractivity contribution >= 4 is 22.1 Å². The van der Waals surface area contributed by atoms with Gasteiger partial charge in [-0.05, 0) is 23.6 Å². The summed E-state index contributed by atoms with van der Waals surface area (Å²) in [6, 6.07) is 1.83. The van der Waals surface area contributed by atoms with Crippen LogP contribution in [0.1, 0.15) is 32.0 Å². The lowest BCUT2D eigenvalue weighted by Gasteiger charge is -2.39. The van der Waals surface area contributed by atoms with Gasteiger partial charge in [0, 0.05) is 57.8 Å².